The molecule has 0 spiro atoms. The van der Waals surface area contributed by atoms with E-state index in [0.29, 0.717) is 24.7 Å². The van der Waals surface area contributed by atoms with E-state index < -0.39 is 0 Å². The summed E-state index contributed by atoms with van der Waals surface area (Å²) < 4.78 is 16.3. The Hall–Kier alpha value is 0.990. The molecule has 0 radical (unpaired) electrons. The van der Waals surface area contributed by atoms with Crippen molar-refractivity contribution in [1.29, 1.82) is 0 Å². The van der Waals surface area contributed by atoms with Gasteiger partial charge in [-0.05, 0) is 0 Å². The molecule has 0 aromatic rings. The predicted molar refractivity (Wildman–Crippen MR) is 1.37 cm³/mol. The van der Waals surface area contributed by atoms with Gasteiger partial charge in [-0.25, -0.2) is 0 Å². The zero-order chi connectivity index (χ0) is 4.00. The van der Waals surface area contributed by atoms with Crippen LogP contribution in [0, 0.1) is 0 Å². The minimum atomic E-state index is 0.300. The molecule has 0 aliphatic rings. The molecule has 0 aromatic heterocycles. The van der Waals surface area contributed by atoms with E-state index in [4.69, 9.17) is 6.68 Å². The van der Waals surface area contributed by atoms with Crippen molar-refractivity contribution in [2.45, 2.75) is 0 Å². The van der Waals surface area contributed by atoms with Gasteiger partial charge in [0.2, 0.25) is 0 Å². The van der Waals surface area contributed by atoms with Crippen molar-refractivity contribution in [3.63, 3.8) is 0 Å². The second-order valence-electron chi connectivity index (χ2n) is 0. The van der Waals surface area contributed by atoms with Crippen molar-refractivity contribution in [1.82, 2.24) is 0 Å². The molecule has 4 heavy (non-hydrogen) atoms. The topological polar surface area (TPSA) is 34.1 Å². The third kappa shape index (κ3) is 12.1. The van der Waals surface area contributed by atoms with Gasteiger partial charge < -0.3 is 0 Å². The van der Waals surface area contributed by atoms with Crippen LogP contribution in [0.5, 0.6) is 0 Å². The molecular weight excluding hydrogens is 182 g/mol. The molecule has 0 N–H and O–H groups in total. The van der Waals surface area contributed by atoms with Crippen molar-refractivity contribution in [3.8, 4) is 0 Å². The Kier molecular flexibility index (Phi) is 80.9. The van der Waals surface area contributed by atoms with Gasteiger partial charge in [-0.2, -0.15) is 0 Å². The summed E-state index contributed by atoms with van der Waals surface area (Å²) in [7, 11) is 0. The fourth-order valence-electron chi connectivity index (χ4n) is 0. The molecule has 0 aromatic carbocycles. The SMILES string of the molecule is [O]=[Co].[O]=[Zr]. The van der Waals surface area contributed by atoms with Crippen LogP contribution in [0.1, 0.15) is 0 Å². The summed E-state index contributed by atoms with van der Waals surface area (Å²) in [5, 5.41) is 0. The van der Waals surface area contributed by atoms with Crippen LogP contribution in [-0.4, -0.2) is 0 Å². The average Bonchev–Trinajstić information content (AvgIpc) is 1.50. The minimum absolute atomic E-state index is 0.300. The number of hydrogen-bond acceptors (Lipinski definition) is 2. The fraction of sp³-hybridized carbons (Fsp3) is 0. The van der Waals surface area contributed by atoms with Gasteiger partial charge in [0.05, 0.1) is 0 Å². The monoisotopic (exact) mass is 181 g/mol. The summed E-state index contributed by atoms with van der Waals surface area (Å²) in [4.78, 5) is 0. The number of hydrogen-bond donors (Lipinski definition) is 0. The Morgan fingerprint density at radius 1 is 1.25 bits per heavy atom. The summed E-state index contributed by atoms with van der Waals surface area (Å²) in [5.41, 5.74) is 0. The van der Waals surface area contributed by atoms with E-state index in [1.54, 1.807) is 0 Å². The fourth-order valence-corrected chi connectivity index (χ4v) is 0. The van der Waals surface area contributed by atoms with E-state index in [-0.39, 0.29) is 0 Å². The van der Waals surface area contributed by atoms with Crippen molar-refractivity contribution in [2.24, 2.45) is 0 Å². The van der Waals surface area contributed by atoms with Crippen LogP contribution in [-0.2, 0) is 47.1 Å². The number of rotatable bonds is 0. The maximum atomic E-state index is 8.34. The van der Waals surface area contributed by atoms with Crippen molar-refractivity contribution < 1.29 is 47.1 Å². The molecule has 0 saturated carbocycles. The zero-order valence-electron chi connectivity index (χ0n) is 1.65. The summed E-state index contributed by atoms with van der Waals surface area (Å²) >= 11 is 2.61. The van der Waals surface area contributed by atoms with Crippen molar-refractivity contribution in [3.05, 3.63) is 0 Å². The summed E-state index contributed by atoms with van der Waals surface area (Å²) in [6.45, 7) is 0. The van der Waals surface area contributed by atoms with Crippen molar-refractivity contribution >= 4 is 0 Å². The van der Waals surface area contributed by atoms with Crippen LogP contribution in [0.3, 0.4) is 0 Å². The van der Waals surface area contributed by atoms with Crippen LogP contribution in [0.2, 0.25) is 0 Å². The Morgan fingerprint density at radius 2 is 1.25 bits per heavy atom. The molecule has 25 valence electrons. The van der Waals surface area contributed by atoms with Gasteiger partial charge in [-0.3, -0.25) is 0 Å². The van der Waals surface area contributed by atoms with Crippen LogP contribution in [0.25, 0.3) is 0 Å². The molecule has 2 nitrogen and oxygen atoms in total. The van der Waals surface area contributed by atoms with Gasteiger partial charge in [0, 0.05) is 0 Å². The molecule has 0 aliphatic heterocycles. The Labute approximate surface area is 47.0 Å². The Morgan fingerprint density at radius 3 is 1.25 bits per heavy atom. The molecule has 0 fully saturated rings. The first-order valence-electron chi connectivity index (χ1n) is 0.340. The molecular formula is CoO2Zr. The predicted octanol–water partition coefficient (Wildman–Crippen LogP) is -0.243. The summed E-state index contributed by atoms with van der Waals surface area (Å²) in [6.07, 6.45) is 0. The molecule has 0 aliphatic carbocycles. The van der Waals surface area contributed by atoms with E-state index in [0.717, 1.165) is 0 Å². The first-order chi connectivity index (χ1) is 2.00. The summed E-state index contributed by atoms with van der Waals surface area (Å²) in [5.74, 6) is 0. The second kappa shape index (κ2) is 36.4. The van der Waals surface area contributed by atoms with Crippen molar-refractivity contribution in [2.75, 3.05) is 0 Å². The van der Waals surface area contributed by atoms with Crippen LogP contribution in [0.4, 0.5) is 0 Å². The first kappa shape index (κ1) is 8.89. The molecule has 0 atom stereocenters. The van der Waals surface area contributed by atoms with Gasteiger partial charge in [0.1, 0.15) is 0 Å². The van der Waals surface area contributed by atoms with Crippen LogP contribution >= 0.6 is 0 Å². The zero-order valence-corrected chi connectivity index (χ0v) is 5.15. The summed E-state index contributed by atoms with van der Waals surface area (Å²) in [6, 6.07) is 0. The van der Waals surface area contributed by atoms with E-state index in [1.807, 2.05) is 0 Å². The first-order valence-corrected chi connectivity index (χ1v) is 1.77. The van der Waals surface area contributed by atoms with Gasteiger partial charge >= 0.3 is 47.1 Å². The quantitative estimate of drug-likeness (QED) is 0.518. The molecule has 0 unspecified atom stereocenters. The maximum absolute atomic E-state index is 8.34. The standard InChI is InChI=1S/Co.2O.Zr. The molecule has 4 heteroatoms. The second-order valence-corrected chi connectivity index (χ2v) is 0. The van der Waals surface area contributed by atoms with Crippen LogP contribution < -0.4 is 0 Å². The van der Waals surface area contributed by atoms with E-state index in [1.165, 1.54) is 0 Å². The van der Waals surface area contributed by atoms with Gasteiger partial charge in [0.25, 0.3) is 0 Å². The third-order valence-electron chi connectivity index (χ3n) is 0. The molecule has 0 bridgehead atoms. The molecule has 0 rings (SSSR count). The molecule has 0 heterocycles. The molecule has 0 amide bonds. The van der Waals surface area contributed by atoms with Crippen LogP contribution in [0.15, 0.2) is 0 Å². The normalized spacial score (nSPS) is 2.00. The Balaban J connectivity index is 0. The average molecular weight is 182 g/mol. The van der Waals surface area contributed by atoms with Gasteiger partial charge in [-0.15, -0.1) is 0 Å². The van der Waals surface area contributed by atoms with E-state index in [9.17, 15) is 0 Å². The van der Waals surface area contributed by atoms with E-state index >= 15 is 0 Å². The molecule has 0 saturated heterocycles. The Bertz CT molecular complexity index is 8.00. The van der Waals surface area contributed by atoms with Gasteiger partial charge in [0.15, 0.2) is 0 Å². The van der Waals surface area contributed by atoms with Gasteiger partial charge in [-0.1, -0.05) is 0 Å². The third-order valence-corrected chi connectivity index (χ3v) is 0. The van der Waals surface area contributed by atoms with E-state index in [2.05, 4.69) is 15.7 Å².